The molecule has 0 aliphatic carbocycles. The first-order valence-electron chi connectivity index (χ1n) is 5.45. The van der Waals surface area contributed by atoms with E-state index in [9.17, 15) is 8.42 Å². The summed E-state index contributed by atoms with van der Waals surface area (Å²) in [6.45, 7) is 6.17. The van der Waals surface area contributed by atoms with Crippen molar-refractivity contribution in [3.8, 4) is 0 Å². The first-order chi connectivity index (χ1) is 7.16. The minimum atomic E-state index is -3.25. The Morgan fingerprint density at radius 3 is 2.44 bits per heavy atom. The Bertz CT molecular complexity index is 371. The molecule has 1 heterocycles. The molecule has 0 aromatic heterocycles. The molecular formula is C10H20N2O2S2. The molecule has 4 nitrogen and oxygen atoms in total. The molecule has 0 aromatic carbocycles. The third-order valence-corrected chi connectivity index (χ3v) is 5.79. The maximum Gasteiger partial charge on any atom is 0.219 e. The molecule has 0 saturated carbocycles. The number of rotatable bonds is 2. The summed E-state index contributed by atoms with van der Waals surface area (Å²) in [5, 5.41) is 0. The zero-order valence-corrected chi connectivity index (χ0v) is 11.7. The molecule has 2 N–H and O–H groups in total. The maximum absolute atomic E-state index is 12.2. The highest BCUT2D eigenvalue weighted by Gasteiger charge is 2.38. The third-order valence-electron chi connectivity index (χ3n) is 2.90. The van der Waals surface area contributed by atoms with Gasteiger partial charge in [0.1, 0.15) is 0 Å². The highest BCUT2D eigenvalue weighted by Crippen LogP contribution is 2.26. The van der Waals surface area contributed by atoms with E-state index in [1.165, 1.54) is 4.31 Å². The van der Waals surface area contributed by atoms with Crippen molar-refractivity contribution in [3.05, 3.63) is 0 Å². The molecule has 0 spiro atoms. The SMILES string of the molecule is CC(C)(C)S(=O)(=O)N1CCCC(C(N)=S)C1. The standard InChI is InChI=1S/C10H20N2O2S2/c1-10(2,3)16(13,14)12-6-4-5-8(7-12)9(11)15/h8H,4-7H2,1-3H3,(H2,11,15). The molecule has 0 amide bonds. The first kappa shape index (κ1) is 13.9. The molecular weight excluding hydrogens is 244 g/mol. The van der Waals surface area contributed by atoms with Crippen molar-refractivity contribution in [1.29, 1.82) is 0 Å². The zero-order chi connectivity index (χ0) is 12.6. The first-order valence-corrected chi connectivity index (χ1v) is 7.30. The molecule has 1 aliphatic heterocycles. The summed E-state index contributed by atoms with van der Waals surface area (Å²) in [7, 11) is -3.25. The Kier molecular flexibility index (Phi) is 3.97. The summed E-state index contributed by atoms with van der Waals surface area (Å²) in [6.07, 6.45) is 1.73. The van der Waals surface area contributed by atoms with Gasteiger partial charge in [-0.15, -0.1) is 0 Å². The summed E-state index contributed by atoms with van der Waals surface area (Å²) in [6, 6.07) is 0. The van der Waals surface area contributed by atoms with Gasteiger partial charge >= 0.3 is 0 Å². The van der Waals surface area contributed by atoms with E-state index >= 15 is 0 Å². The number of nitrogens with two attached hydrogens (primary N) is 1. The van der Waals surface area contributed by atoms with Crippen LogP contribution in [0.25, 0.3) is 0 Å². The van der Waals surface area contributed by atoms with Gasteiger partial charge in [0.05, 0.1) is 9.74 Å². The van der Waals surface area contributed by atoms with Crippen LogP contribution < -0.4 is 5.73 Å². The molecule has 6 heteroatoms. The summed E-state index contributed by atoms with van der Waals surface area (Å²) in [4.78, 5) is 0.425. The van der Waals surface area contributed by atoms with Crippen LogP contribution in [0, 0.1) is 5.92 Å². The Hall–Kier alpha value is -0.200. The second-order valence-corrected chi connectivity index (χ2v) is 8.38. The van der Waals surface area contributed by atoms with Gasteiger partial charge in [-0.2, -0.15) is 0 Å². The van der Waals surface area contributed by atoms with Crippen molar-refractivity contribution in [2.75, 3.05) is 13.1 Å². The average molecular weight is 264 g/mol. The summed E-state index contributed by atoms with van der Waals surface area (Å²) >= 11 is 4.94. The fraction of sp³-hybridized carbons (Fsp3) is 0.900. The number of piperidine rings is 1. The maximum atomic E-state index is 12.2. The zero-order valence-electron chi connectivity index (χ0n) is 10.1. The molecule has 0 bridgehead atoms. The van der Waals surface area contributed by atoms with Gasteiger partial charge in [0.2, 0.25) is 10.0 Å². The van der Waals surface area contributed by atoms with Gasteiger partial charge in [-0.3, -0.25) is 0 Å². The lowest BCUT2D eigenvalue weighted by Crippen LogP contribution is -2.49. The van der Waals surface area contributed by atoms with Crippen LogP contribution in [0.2, 0.25) is 0 Å². The van der Waals surface area contributed by atoms with Crippen molar-refractivity contribution in [2.24, 2.45) is 11.7 Å². The van der Waals surface area contributed by atoms with Gasteiger partial charge in [-0.05, 0) is 33.6 Å². The smallest absolute Gasteiger partial charge is 0.219 e. The average Bonchev–Trinajstić information content (AvgIpc) is 2.16. The van der Waals surface area contributed by atoms with Crippen LogP contribution in [0.3, 0.4) is 0 Å². The number of nitrogens with zero attached hydrogens (tertiary/aromatic N) is 1. The third kappa shape index (κ3) is 2.73. The van der Waals surface area contributed by atoms with Crippen LogP contribution in [0.1, 0.15) is 33.6 Å². The van der Waals surface area contributed by atoms with Crippen LogP contribution in [0.4, 0.5) is 0 Å². The Morgan fingerprint density at radius 1 is 1.44 bits per heavy atom. The molecule has 1 rings (SSSR count). The second-order valence-electron chi connectivity index (χ2n) is 5.22. The number of thiocarbonyl (C=S) groups is 1. The van der Waals surface area contributed by atoms with Crippen LogP contribution in [-0.4, -0.2) is 35.5 Å². The molecule has 1 aliphatic rings. The van der Waals surface area contributed by atoms with Crippen LogP contribution in [0.5, 0.6) is 0 Å². The second kappa shape index (κ2) is 4.58. The molecule has 0 radical (unpaired) electrons. The summed E-state index contributed by atoms with van der Waals surface area (Å²) in [5.41, 5.74) is 5.59. The van der Waals surface area contributed by atoms with Crippen molar-refractivity contribution < 1.29 is 8.42 Å². The normalized spacial score (nSPS) is 24.3. The monoisotopic (exact) mass is 264 g/mol. The lowest BCUT2D eigenvalue weighted by molar-refractivity contribution is 0.305. The Labute approximate surface area is 103 Å². The largest absolute Gasteiger partial charge is 0.393 e. The highest BCUT2D eigenvalue weighted by molar-refractivity contribution is 7.90. The van der Waals surface area contributed by atoms with Crippen LogP contribution in [-0.2, 0) is 10.0 Å². The minimum absolute atomic E-state index is 0.0286. The molecule has 94 valence electrons. The van der Waals surface area contributed by atoms with Gasteiger partial charge in [0.25, 0.3) is 0 Å². The number of hydrogen-bond donors (Lipinski definition) is 1. The number of sulfonamides is 1. The van der Waals surface area contributed by atoms with Crippen molar-refractivity contribution in [2.45, 2.75) is 38.4 Å². The predicted octanol–water partition coefficient (Wildman–Crippen LogP) is 1.11. The molecule has 0 aromatic rings. The van der Waals surface area contributed by atoms with E-state index in [1.54, 1.807) is 20.8 Å². The van der Waals surface area contributed by atoms with Crippen molar-refractivity contribution in [1.82, 2.24) is 4.31 Å². The van der Waals surface area contributed by atoms with Crippen LogP contribution in [0.15, 0.2) is 0 Å². The summed E-state index contributed by atoms with van der Waals surface area (Å²) in [5.74, 6) is 0.0286. The van der Waals surface area contributed by atoms with E-state index in [2.05, 4.69) is 0 Å². The van der Waals surface area contributed by atoms with Gasteiger partial charge < -0.3 is 5.73 Å². The molecule has 1 saturated heterocycles. The van der Waals surface area contributed by atoms with E-state index in [0.29, 0.717) is 18.1 Å². The van der Waals surface area contributed by atoms with Gasteiger partial charge in [0, 0.05) is 19.0 Å². The van der Waals surface area contributed by atoms with Crippen molar-refractivity contribution >= 4 is 27.2 Å². The molecule has 1 atom stereocenters. The minimum Gasteiger partial charge on any atom is -0.393 e. The van der Waals surface area contributed by atoms with Gasteiger partial charge in [-0.1, -0.05) is 12.2 Å². The topological polar surface area (TPSA) is 63.4 Å². The lowest BCUT2D eigenvalue weighted by atomic mass is 10.00. The predicted molar refractivity (Wildman–Crippen MR) is 69.8 cm³/mol. The van der Waals surface area contributed by atoms with Crippen molar-refractivity contribution in [3.63, 3.8) is 0 Å². The van der Waals surface area contributed by atoms with E-state index in [-0.39, 0.29) is 5.92 Å². The van der Waals surface area contributed by atoms with E-state index < -0.39 is 14.8 Å². The Morgan fingerprint density at radius 2 is 2.00 bits per heavy atom. The molecule has 1 unspecified atom stereocenters. The van der Waals surface area contributed by atoms with E-state index in [1.807, 2.05) is 0 Å². The van der Waals surface area contributed by atoms with E-state index in [0.717, 1.165) is 12.8 Å². The number of hydrogen-bond acceptors (Lipinski definition) is 3. The van der Waals surface area contributed by atoms with Gasteiger partial charge in [-0.25, -0.2) is 12.7 Å². The van der Waals surface area contributed by atoms with Crippen LogP contribution >= 0.6 is 12.2 Å². The lowest BCUT2D eigenvalue weighted by Gasteiger charge is -2.35. The molecule has 1 fully saturated rings. The fourth-order valence-electron chi connectivity index (χ4n) is 1.78. The Balaban J connectivity index is 2.87. The molecule has 16 heavy (non-hydrogen) atoms. The van der Waals surface area contributed by atoms with Gasteiger partial charge in [0.15, 0.2) is 0 Å². The quantitative estimate of drug-likeness (QED) is 0.759. The fourth-order valence-corrected chi connectivity index (χ4v) is 3.49. The van der Waals surface area contributed by atoms with E-state index in [4.69, 9.17) is 18.0 Å². The summed E-state index contributed by atoms with van der Waals surface area (Å²) < 4.78 is 25.2. The highest BCUT2D eigenvalue weighted by atomic mass is 32.2.